The van der Waals surface area contributed by atoms with Crippen molar-refractivity contribution in [1.82, 2.24) is 0 Å². The van der Waals surface area contributed by atoms with Crippen molar-refractivity contribution in [3.05, 3.63) is 65.2 Å². The third kappa shape index (κ3) is 3.77. The van der Waals surface area contributed by atoms with Gasteiger partial charge in [0.25, 0.3) is 0 Å². The SMILES string of the molecule is COc1ccc(OC)c(C(=O)C=Cc2ccccc2C(=O)O)c1. The summed E-state index contributed by atoms with van der Waals surface area (Å²) in [5.41, 5.74) is 0.931. The molecule has 0 unspecified atom stereocenters. The Morgan fingerprint density at radius 2 is 1.74 bits per heavy atom. The average Bonchev–Trinajstić information content (AvgIpc) is 2.59. The van der Waals surface area contributed by atoms with Gasteiger partial charge in [0, 0.05) is 0 Å². The zero-order valence-corrected chi connectivity index (χ0v) is 12.8. The first-order valence-corrected chi connectivity index (χ1v) is 6.83. The smallest absolute Gasteiger partial charge is 0.336 e. The van der Waals surface area contributed by atoms with E-state index in [1.54, 1.807) is 36.4 Å². The van der Waals surface area contributed by atoms with Crippen molar-refractivity contribution < 1.29 is 24.2 Å². The average molecular weight is 312 g/mol. The van der Waals surface area contributed by atoms with Gasteiger partial charge in [-0.2, -0.15) is 0 Å². The first kappa shape index (κ1) is 16.3. The van der Waals surface area contributed by atoms with Crippen LogP contribution in [0, 0.1) is 0 Å². The Kier molecular flexibility index (Phi) is 5.15. The van der Waals surface area contributed by atoms with Crippen LogP contribution < -0.4 is 9.47 Å². The maximum Gasteiger partial charge on any atom is 0.336 e. The van der Waals surface area contributed by atoms with E-state index in [0.29, 0.717) is 22.6 Å². The molecule has 0 amide bonds. The third-order valence-electron chi connectivity index (χ3n) is 3.28. The Labute approximate surface area is 133 Å². The monoisotopic (exact) mass is 312 g/mol. The molecule has 0 spiro atoms. The number of carboxylic acids is 1. The summed E-state index contributed by atoms with van der Waals surface area (Å²) in [5, 5.41) is 9.14. The van der Waals surface area contributed by atoms with Crippen LogP contribution in [0.5, 0.6) is 11.5 Å². The van der Waals surface area contributed by atoms with Crippen molar-refractivity contribution in [2.75, 3.05) is 14.2 Å². The zero-order valence-electron chi connectivity index (χ0n) is 12.8. The molecule has 5 nitrogen and oxygen atoms in total. The van der Waals surface area contributed by atoms with Gasteiger partial charge in [-0.25, -0.2) is 4.79 Å². The van der Waals surface area contributed by atoms with E-state index < -0.39 is 5.97 Å². The molecule has 0 aliphatic heterocycles. The summed E-state index contributed by atoms with van der Waals surface area (Å²) >= 11 is 0. The van der Waals surface area contributed by atoms with Gasteiger partial charge in [-0.3, -0.25) is 4.79 Å². The van der Waals surface area contributed by atoms with Crippen LogP contribution in [-0.4, -0.2) is 31.1 Å². The minimum atomic E-state index is -1.04. The van der Waals surface area contributed by atoms with Gasteiger partial charge in [0.2, 0.25) is 0 Å². The largest absolute Gasteiger partial charge is 0.497 e. The lowest BCUT2D eigenvalue weighted by atomic mass is 10.0. The first-order valence-electron chi connectivity index (χ1n) is 6.83. The number of methoxy groups -OCH3 is 2. The van der Waals surface area contributed by atoms with Crippen molar-refractivity contribution in [2.45, 2.75) is 0 Å². The Balaban J connectivity index is 2.34. The van der Waals surface area contributed by atoms with Gasteiger partial charge in [-0.1, -0.05) is 24.3 Å². The molecule has 0 bridgehead atoms. The van der Waals surface area contributed by atoms with Crippen LogP contribution in [0.1, 0.15) is 26.3 Å². The molecule has 0 aliphatic rings. The van der Waals surface area contributed by atoms with Gasteiger partial charge in [0.1, 0.15) is 11.5 Å². The lowest BCUT2D eigenvalue weighted by Crippen LogP contribution is -2.01. The van der Waals surface area contributed by atoms with E-state index in [0.717, 1.165) is 0 Å². The highest BCUT2D eigenvalue weighted by atomic mass is 16.5. The maximum absolute atomic E-state index is 12.4. The minimum absolute atomic E-state index is 0.133. The van der Waals surface area contributed by atoms with Crippen molar-refractivity contribution in [3.63, 3.8) is 0 Å². The van der Waals surface area contributed by atoms with E-state index in [9.17, 15) is 9.59 Å². The molecular weight excluding hydrogens is 296 g/mol. The highest BCUT2D eigenvalue weighted by Crippen LogP contribution is 2.25. The lowest BCUT2D eigenvalue weighted by Gasteiger charge is -2.08. The minimum Gasteiger partial charge on any atom is -0.497 e. The van der Waals surface area contributed by atoms with E-state index in [1.165, 1.54) is 32.4 Å². The molecule has 0 fully saturated rings. The molecule has 0 saturated carbocycles. The van der Waals surface area contributed by atoms with Crippen molar-refractivity contribution in [2.24, 2.45) is 0 Å². The van der Waals surface area contributed by atoms with Crippen molar-refractivity contribution in [1.29, 1.82) is 0 Å². The molecule has 0 atom stereocenters. The van der Waals surface area contributed by atoms with Crippen LogP contribution in [0.4, 0.5) is 0 Å². The molecule has 118 valence electrons. The van der Waals surface area contributed by atoms with Gasteiger partial charge in [0.15, 0.2) is 5.78 Å². The number of hydrogen-bond acceptors (Lipinski definition) is 4. The number of carboxylic acid groups (broad SMARTS) is 1. The maximum atomic E-state index is 12.4. The van der Waals surface area contributed by atoms with E-state index in [1.807, 2.05) is 0 Å². The number of aromatic carboxylic acids is 1. The fourth-order valence-electron chi connectivity index (χ4n) is 2.10. The summed E-state index contributed by atoms with van der Waals surface area (Å²) in [6, 6.07) is 11.4. The van der Waals surface area contributed by atoms with E-state index in [4.69, 9.17) is 14.6 Å². The fraction of sp³-hybridized carbons (Fsp3) is 0.111. The molecule has 0 saturated heterocycles. The Bertz CT molecular complexity index is 762. The van der Waals surface area contributed by atoms with Crippen LogP contribution >= 0.6 is 0 Å². The third-order valence-corrected chi connectivity index (χ3v) is 3.28. The predicted molar refractivity (Wildman–Crippen MR) is 86.3 cm³/mol. The number of ether oxygens (including phenoxy) is 2. The molecule has 0 radical (unpaired) electrons. The highest BCUT2D eigenvalue weighted by molar-refractivity contribution is 6.09. The summed E-state index contributed by atoms with van der Waals surface area (Å²) in [4.78, 5) is 23.5. The molecule has 0 heterocycles. The summed E-state index contributed by atoms with van der Waals surface area (Å²) < 4.78 is 10.3. The summed E-state index contributed by atoms with van der Waals surface area (Å²) in [6.45, 7) is 0. The molecule has 1 N–H and O–H groups in total. The lowest BCUT2D eigenvalue weighted by molar-refractivity contribution is 0.0696. The van der Waals surface area contributed by atoms with Gasteiger partial charge >= 0.3 is 5.97 Å². The van der Waals surface area contributed by atoms with Crippen LogP contribution in [0.3, 0.4) is 0 Å². The molecule has 5 heteroatoms. The predicted octanol–water partition coefficient (Wildman–Crippen LogP) is 3.30. The Morgan fingerprint density at radius 1 is 1.00 bits per heavy atom. The molecule has 2 rings (SSSR count). The van der Waals surface area contributed by atoms with Gasteiger partial charge < -0.3 is 14.6 Å². The van der Waals surface area contributed by atoms with E-state index in [2.05, 4.69) is 0 Å². The zero-order chi connectivity index (χ0) is 16.8. The standard InChI is InChI=1S/C18H16O5/c1-22-13-8-10-17(23-2)15(11-13)16(19)9-7-12-5-3-4-6-14(12)18(20)21/h3-11H,1-2H3,(H,20,21). The molecule has 0 aromatic heterocycles. The number of benzene rings is 2. The summed E-state index contributed by atoms with van der Waals surface area (Å²) in [5.74, 6) is -0.391. The second kappa shape index (κ2) is 7.26. The number of carbonyl (C=O) groups excluding carboxylic acids is 1. The number of rotatable bonds is 6. The van der Waals surface area contributed by atoms with E-state index >= 15 is 0 Å². The Morgan fingerprint density at radius 3 is 2.39 bits per heavy atom. The Hall–Kier alpha value is -3.08. The number of allylic oxidation sites excluding steroid dienone is 1. The molecule has 23 heavy (non-hydrogen) atoms. The fourth-order valence-corrected chi connectivity index (χ4v) is 2.10. The van der Waals surface area contributed by atoms with Crippen LogP contribution in [-0.2, 0) is 0 Å². The van der Waals surface area contributed by atoms with Crippen molar-refractivity contribution >= 4 is 17.8 Å². The molecule has 0 aliphatic carbocycles. The van der Waals surface area contributed by atoms with Gasteiger partial charge in [-0.05, 0) is 35.9 Å². The number of hydrogen-bond donors (Lipinski definition) is 1. The molecule has 2 aromatic carbocycles. The quantitative estimate of drug-likeness (QED) is 0.654. The summed E-state index contributed by atoms with van der Waals surface area (Å²) in [7, 11) is 2.98. The normalized spacial score (nSPS) is 10.5. The summed E-state index contributed by atoms with van der Waals surface area (Å²) in [6.07, 6.45) is 2.80. The van der Waals surface area contributed by atoms with Crippen LogP contribution in [0.15, 0.2) is 48.5 Å². The second-order valence-corrected chi connectivity index (χ2v) is 4.66. The first-order chi connectivity index (χ1) is 11.1. The van der Waals surface area contributed by atoms with Gasteiger partial charge in [0.05, 0.1) is 25.3 Å². The second-order valence-electron chi connectivity index (χ2n) is 4.66. The van der Waals surface area contributed by atoms with Gasteiger partial charge in [-0.15, -0.1) is 0 Å². The highest BCUT2D eigenvalue weighted by Gasteiger charge is 2.12. The number of carbonyl (C=O) groups is 2. The molecule has 2 aromatic rings. The van der Waals surface area contributed by atoms with Crippen LogP contribution in [0.2, 0.25) is 0 Å². The van der Waals surface area contributed by atoms with E-state index in [-0.39, 0.29) is 11.3 Å². The number of ketones is 1. The van der Waals surface area contributed by atoms with Crippen molar-refractivity contribution in [3.8, 4) is 11.5 Å². The van der Waals surface area contributed by atoms with Crippen LogP contribution in [0.25, 0.3) is 6.08 Å². The molecular formula is C18H16O5. The topological polar surface area (TPSA) is 72.8 Å².